The van der Waals surface area contributed by atoms with Gasteiger partial charge in [-0.2, -0.15) is 0 Å². The molecular weight excluding hydrogens is 250 g/mol. The van der Waals surface area contributed by atoms with Crippen LogP contribution in [0.25, 0.3) is 0 Å². The Morgan fingerprint density at radius 3 is 2.75 bits per heavy atom. The molecule has 0 fully saturated rings. The minimum atomic E-state index is 0.816. The van der Waals surface area contributed by atoms with Gasteiger partial charge in [0.2, 0.25) is 0 Å². The number of nitrogens with one attached hydrogen (secondary N) is 1. The van der Waals surface area contributed by atoms with Crippen molar-refractivity contribution in [3.63, 3.8) is 0 Å². The van der Waals surface area contributed by atoms with Gasteiger partial charge in [0.25, 0.3) is 0 Å². The summed E-state index contributed by atoms with van der Waals surface area (Å²) in [6, 6.07) is 6.21. The second-order valence-corrected chi connectivity index (χ2v) is 5.13. The maximum Gasteiger partial charge on any atom is 0.118 e. The van der Waals surface area contributed by atoms with E-state index in [1.807, 2.05) is 30.8 Å². The third-order valence-electron chi connectivity index (χ3n) is 3.09. The molecule has 2 rings (SSSR count). The summed E-state index contributed by atoms with van der Waals surface area (Å²) in [5.74, 6) is 1.01. The average molecular weight is 273 g/mol. The fraction of sp³-hybridized carbons (Fsp3) is 0.438. The molecule has 0 aromatic carbocycles. The molecule has 4 nitrogen and oxygen atoms in total. The van der Waals surface area contributed by atoms with Crippen molar-refractivity contribution < 1.29 is 4.42 Å². The van der Waals surface area contributed by atoms with Crippen LogP contribution in [-0.2, 0) is 19.6 Å². The van der Waals surface area contributed by atoms with Crippen molar-refractivity contribution in [2.75, 3.05) is 13.6 Å². The van der Waals surface area contributed by atoms with E-state index in [1.165, 1.54) is 11.1 Å². The van der Waals surface area contributed by atoms with E-state index in [0.717, 1.165) is 38.4 Å². The predicted molar refractivity (Wildman–Crippen MR) is 80.1 cm³/mol. The van der Waals surface area contributed by atoms with Crippen LogP contribution in [0.3, 0.4) is 0 Å². The van der Waals surface area contributed by atoms with Gasteiger partial charge in [-0.25, -0.2) is 0 Å². The minimum absolute atomic E-state index is 0.816. The van der Waals surface area contributed by atoms with E-state index in [-0.39, 0.29) is 0 Å². The molecule has 108 valence electrons. The summed E-state index contributed by atoms with van der Waals surface area (Å²) in [5.41, 5.74) is 2.48. The predicted octanol–water partition coefficient (Wildman–Crippen LogP) is 2.81. The Balaban J connectivity index is 1.80. The van der Waals surface area contributed by atoms with Crippen LogP contribution in [0.1, 0.15) is 30.2 Å². The van der Waals surface area contributed by atoms with Crippen molar-refractivity contribution in [1.29, 1.82) is 0 Å². The van der Waals surface area contributed by atoms with E-state index < -0.39 is 0 Å². The molecule has 2 heterocycles. The lowest BCUT2D eigenvalue weighted by atomic mass is 10.2. The van der Waals surface area contributed by atoms with Gasteiger partial charge in [0, 0.05) is 31.0 Å². The Hall–Kier alpha value is -1.65. The van der Waals surface area contributed by atoms with Crippen molar-refractivity contribution in [1.82, 2.24) is 15.2 Å². The molecule has 0 amide bonds. The Labute approximate surface area is 120 Å². The first kappa shape index (κ1) is 14.8. The minimum Gasteiger partial charge on any atom is -0.468 e. The zero-order valence-corrected chi connectivity index (χ0v) is 12.3. The molecule has 0 saturated heterocycles. The zero-order chi connectivity index (χ0) is 14.2. The number of furan rings is 1. The molecule has 0 bridgehead atoms. The van der Waals surface area contributed by atoms with E-state index >= 15 is 0 Å². The smallest absolute Gasteiger partial charge is 0.118 e. The number of rotatable bonds is 8. The van der Waals surface area contributed by atoms with Gasteiger partial charge in [-0.05, 0) is 43.8 Å². The van der Waals surface area contributed by atoms with E-state index in [9.17, 15) is 0 Å². The molecular formula is C16H23N3O. The fourth-order valence-corrected chi connectivity index (χ4v) is 2.13. The summed E-state index contributed by atoms with van der Waals surface area (Å²) in [7, 11) is 2.10. The Kier molecular flexibility index (Phi) is 5.77. The van der Waals surface area contributed by atoms with Crippen molar-refractivity contribution in [3.05, 3.63) is 53.7 Å². The normalized spacial score (nSPS) is 11.2. The highest BCUT2D eigenvalue weighted by molar-refractivity contribution is 5.13. The standard InChI is InChI=1S/C16H23N3O/c1-3-6-18-10-15-9-16(20-13-15)12-19(2)11-14-4-7-17-8-5-14/h4-5,7-9,13,18H,3,6,10-12H2,1-2H3. The molecule has 0 atom stereocenters. The summed E-state index contributed by atoms with van der Waals surface area (Å²) >= 11 is 0. The summed E-state index contributed by atoms with van der Waals surface area (Å²) in [6.45, 7) is 5.80. The van der Waals surface area contributed by atoms with Crippen LogP contribution >= 0.6 is 0 Å². The lowest BCUT2D eigenvalue weighted by molar-refractivity contribution is 0.288. The molecule has 0 aliphatic carbocycles. The SMILES string of the molecule is CCCNCc1coc(CN(C)Cc2ccncc2)c1. The van der Waals surface area contributed by atoms with Gasteiger partial charge in [-0.3, -0.25) is 9.88 Å². The third-order valence-corrected chi connectivity index (χ3v) is 3.09. The highest BCUT2D eigenvalue weighted by Gasteiger charge is 2.06. The zero-order valence-electron chi connectivity index (χ0n) is 12.3. The number of nitrogens with zero attached hydrogens (tertiary/aromatic N) is 2. The molecule has 0 aliphatic rings. The van der Waals surface area contributed by atoms with Crippen LogP contribution in [0.4, 0.5) is 0 Å². The van der Waals surface area contributed by atoms with E-state index in [4.69, 9.17) is 4.42 Å². The average Bonchev–Trinajstić information content (AvgIpc) is 2.87. The summed E-state index contributed by atoms with van der Waals surface area (Å²) in [5, 5.41) is 3.38. The number of aromatic nitrogens is 1. The first-order valence-corrected chi connectivity index (χ1v) is 7.12. The van der Waals surface area contributed by atoms with Crippen molar-refractivity contribution in [2.24, 2.45) is 0 Å². The van der Waals surface area contributed by atoms with E-state index in [0.29, 0.717) is 0 Å². The van der Waals surface area contributed by atoms with Gasteiger partial charge in [0.05, 0.1) is 12.8 Å². The molecule has 4 heteroatoms. The lowest BCUT2D eigenvalue weighted by Gasteiger charge is -2.14. The van der Waals surface area contributed by atoms with Gasteiger partial charge in [0.15, 0.2) is 0 Å². The molecule has 0 spiro atoms. The van der Waals surface area contributed by atoms with E-state index in [2.05, 4.69) is 35.2 Å². The van der Waals surface area contributed by atoms with Crippen molar-refractivity contribution >= 4 is 0 Å². The largest absolute Gasteiger partial charge is 0.468 e. The summed E-state index contributed by atoms with van der Waals surface area (Å²) < 4.78 is 5.61. The lowest BCUT2D eigenvalue weighted by Crippen LogP contribution is -2.17. The van der Waals surface area contributed by atoms with E-state index in [1.54, 1.807) is 0 Å². The van der Waals surface area contributed by atoms with Gasteiger partial charge in [-0.15, -0.1) is 0 Å². The first-order chi connectivity index (χ1) is 9.78. The topological polar surface area (TPSA) is 41.3 Å². The molecule has 1 N–H and O–H groups in total. The van der Waals surface area contributed by atoms with Crippen LogP contribution in [0.2, 0.25) is 0 Å². The van der Waals surface area contributed by atoms with Crippen molar-refractivity contribution in [3.8, 4) is 0 Å². The molecule has 2 aromatic rings. The van der Waals surface area contributed by atoms with Crippen LogP contribution in [0.15, 0.2) is 41.3 Å². The first-order valence-electron chi connectivity index (χ1n) is 7.12. The molecule has 0 radical (unpaired) electrons. The molecule has 0 saturated carbocycles. The molecule has 0 unspecified atom stereocenters. The van der Waals surface area contributed by atoms with Crippen LogP contribution in [0, 0.1) is 0 Å². The molecule has 20 heavy (non-hydrogen) atoms. The molecule has 0 aliphatic heterocycles. The third kappa shape index (κ3) is 4.79. The second-order valence-electron chi connectivity index (χ2n) is 5.13. The fourth-order valence-electron chi connectivity index (χ4n) is 2.13. The maximum atomic E-state index is 5.61. The Bertz CT molecular complexity index is 495. The quantitative estimate of drug-likeness (QED) is 0.751. The maximum absolute atomic E-state index is 5.61. The van der Waals surface area contributed by atoms with Crippen LogP contribution < -0.4 is 5.32 Å². The number of hydrogen-bond acceptors (Lipinski definition) is 4. The van der Waals surface area contributed by atoms with Gasteiger partial charge >= 0.3 is 0 Å². The Morgan fingerprint density at radius 1 is 1.20 bits per heavy atom. The highest BCUT2D eigenvalue weighted by atomic mass is 16.3. The van der Waals surface area contributed by atoms with Crippen molar-refractivity contribution in [2.45, 2.75) is 33.0 Å². The molecule has 2 aromatic heterocycles. The van der Waals surface area contributed by atoms with Gasteiger partial charge < -0.3 is 9.73 Å². The number of hydrogen-bond donors (Lipinski definition) is 1. The highest BCUT2D eigenvalue weighted by Crippen LogP contribution is 2.11. The monoisotopic (exact) mass is 273 g/mol. The van der Waals surface area contributed by atoms with Crippen LogP contribution in [0.5, 0.6) is 0 Å². The second kappa shape index (κ2) is 7.82. The van der Waals surface area contributed by atoms with Gasteiger partial charge in [0.1, 0.15) is 5.76 Å². The summed E-state index contributed by atoms with van der Waals surface area (Å²) in [6.07, 6.45) is 6.65. The Morgan fingerprint density at radius 2 is 2.00 bits per heavy atom. The summed E-state index contributed by atoms with van der Waals surface area (Å²) in [4.78, 5) is 6.27. The van der Waals surface area contributed by atoms with Gasteiger partial charge in [-0.1, -0.05) is 6.92 Å². The van der Waals surface area contributed by atoms with Crippen LogP contribution in [-0.4, -0.2) is 23.5 Å². The number of pyridine rings is 1.